The fourth-order valence-electron chi connectivity index (χ4n) is 3.26. The van der Waals surface area contributed by atoms with Crippen LogP contribution in [0.2, 0.25) is 0 Å². The molecular formula is C22H26N2O4S. The van der Waals surface area contributed by atoms with Crippen LogP contribution in [0.5, 0.6) is 11.5 Å². The Balaban J connectivity index is 1.73. The van der Waals surface area contributed by atoms with E-state index in [9.17, 15) is 9.59 Å². The molecule has 7 heteroatoms. The Labute approximate surface area is 175 Å². The first-order chi connectivity index (χ1) is 13.9. The number of hydrogen-bond acceptors (Lipinski definition) is 5. The number of ether oxygens (including phenoxy) is 2. The van der Waals surface area contributed by atoms with E-state index in [1.807, 2.05) is 56.3 Å². The minimum absolute atomic E-state index is 0.0213. The largest absolute Gasteiger partial charge is 0.497 e. The molecule has 3 rings (SSSR count). The lowest BCUT2D eigenvalue weighted by molar-refractivity contribution is -0.130. The van der Waals surface area contributed by atoms with Crippen LogP contribution in [-0.2, 0) is 9.59 Å². The fourth-order valence-corrected chi connectivity index (χ4v) is 4.58. The van der Waals surface area contributed by atoms with Crippen molar-refractivity contribution in [1.82, 2.24) is 4.90 Å². The second kappa shape index (κ2) is 9.22. The van der Waals surface area contributed by atoms with Crippen LogP contribution in [0.1, 0.15) is 29.8 Å². The summed E-state index contributed by atoms with van der Waals surface area (Å²) in [6.07, 6.45) is 0.218. The number of amides is 2. The first-order valence-electron chi connectivity index (χ1n) is 9.47. The number of thioether (sulfide) groups is 1. The third-order valence-corrected chi connectivity index (χ3v) is 6.24. The monoisotopic (exact) mass is 414 g/mol. The van der Waals surface area contributed by atoms with Crippen molar-refractivity contribution in [3.05, 3.63) is 53.6 Å². The Kier molecular flexibility index (Phi) is 6.69. The first kappa shape index (κ1) is 21.0. The van der Waals surface area contributed by atoms with E-state index in [0.29, 0.717) is 18.0 Å². The van der Waals surface area contributed by atoms with Gasteiger partial charge in [0.25, 0.3) is 0 Å². The minimum atomic E-state index is -0.227. The number of carbonyl (C=O) groups is 2. The molecule has 2 aromatic rings. The summed E-state index contributed by atoms with van der Waals surface area (Å²) in [6.45, 7) is 4.22. The van der Waals surface area contributed by atoms with E-state index in [-0.39, 0.29) is 28.9 Å². The van der Waals surface area contributed by atoms with Gasteiger partial charge >= 0.3 is 0 Å². The van der Waals surface area contributed by atoms with Gasteiger partial charge in [-0.15, -0.1) is 11.8 Å². The lowest BCUT2D eigenvalue weighted by atomic mass is 10.1. The SMILES string of the molecule is COc1ccc(OC)c([C@@H]2S[C@@H](C)C(=O)N2CCC(=O)Nc2ccc(C)cc2)c1. The lowest BCUT2D eigenvalue weighted by Gasteiger charge is -2.25. The highest BCUT2D eigenvalue weighted by Gasteiger charge is 2.39. The van der Waals surface area contributed by atoms with Crippen LogP contribution in [0.3, 0.4) is 0 Å². The predicted octanol–water partition coefficient (Wildman–Crippen LogP) is 4.00. The molecule has 0 aromatic heterocycles. The Bertz CT molecular complexity index is 885. The molecule has 1 heterocycles. The Morgan fingerprint density at radius 2 is 1.86 bits per heavy atom. The van der Waals surface area contributed by atoms with E-state index in [2.05, 4.69) is 5.32 Å². The van der Waals surface area contributed by atoms with Crippen molar-refractivity contribution in [3.63, 3.8) is 0 Å². The van der Waals surface area contributed by atoms with Crippen LogP contribution in [0, 0.1) is 6.92 Å². The summed E-state index contributed by atoms with van der Waals surface area (Å²) in [5, 5.41) is 2.47. The standard InChI is InChI=1S/C22H26N2O4S/c1-14-5-7-16(8-6-14)23-20(25)11-12-24-21(26)15(2)29-22(24)18-13-17(27-3)9-10-19(18)28-4/h5-10,13,15,22H,11-12H2,1-4H3,(H,23,25)/t15-,22-/m0/s1. The zero-order chi connectivity index (χ0) is 21.0. The predicted molar refractivity (Wildman–Crippen MR) is 115 cm³/mol. The molecule has 154 valence electrons. The molecule has 0 radical (unpaired) electrons. The number of hydrogen-bond donors (Lipinski definition) is 1. The molecule has 0 spiro atoms. The van der Waals surface area contributed by atoms with Gasteiger partial charge in [0.1, 0.15) is 16.9 Å². The van der Waals surface area contributed by atoms with Gasteiger partial charge in [-0.05, 0) is 44.2 Å². The summed E-state index contributed by atoms with van der Waals surface area (Å²) in [6, 6.07) is 13.2. The summed E-state index contributed by atoms with van der Waals surface area (Å²) in [4.78, 5) is 26.9. The van der Waals surface area contributed by atoms with Crippen LogP contribution >= 0.6 is 11.8 Å². The van der Waals surface area contributed by atoms with Gasteiger partial charge in [0.15, 0.2) is 0 Å². The van der Waals surface area contributed by atoms with Gasteiger partial charge in [-0.3, -0.25) is 9.59 Å². The van der Waals surface area contributed by atoms with Crippen molar-refractivity contribution in [2.45, 2.75) is 30.9 Å². The molecule has 6 nitrogen and oxygen atoms in total. The van der Waals surface area contributed by atoms with Crippen LogP contribution in [-0.4, -0.2) is 42.7 Å². The van der Waals surface area contributed by atoms with Crippen LogP contribution < -0.4 is 14.8 Å². The molecule has 2 amide bonds. The van der Waals surface area contributed by atoms with Crippen LogP contribution in [0.25, 0.3) is 0 Å². The highest BCUT2D eigenvalue weighted by molar-refractivity contribution is 8.01. The summed E-state index contributed by atoms with van der Waals surface area (Å²) in [5.74, 6) is 1.29. The summed E-state index contributed by atoms with van der Waals surface area (Å²) in [5.41, 5.74) is 2.75. The Morgan fingerprint density at radius 3 is 2.52 bits per heavy atom. The van der Waals surface area contributed by atoms with E-state index < -0.39 is 0 Å². The normalized spacial score (nSPS) is 18.6. The number of rotatable bonds is 7. The van der Waals surface area contributed by atoms with Gasteiger partial charge in [0.2, 0.25) is 11.8 Å². The van der Waals surface area contributed by atoms with Crippen LogP contribution in [0.4, 0.5) is 5.69 Å². The zero-order valence-electron chi connectivity index (χ0n) is 17.1. The smallest absolute Gasteiger partial charge is 0.236 e. The van der Waals surface area contributed by atoms with Crippen molar-refractivity contribution in [2.24, 2.45) is 0 Å². The van der Waals surface area contributed by atoms with Gasteiger partial charge in [0.05, 0.1) is 19.5 Å². The van der Waals surface area contributed by atoms with E-state index in [4.69, 9.17) is 9.47 Å². The van der Waals surface area contributed by atoms with Gasteiger partial charge in [0, 0.05) is 24.2 Å². The fraction of sp³-hybridized carbons (Fsp3) is 0.364. The molecule has 0 bridgehead atoms. The molecule has 1 aliphatic heterocycles. The van der Waals surface area contributed by atoms with Gasteiger partial charge < -0.3 is 19.7 Å². The van der Waals surface area contributed by atoms with Gasteiger partial charge in [-0.25, -0.2) is 0 Å². The lowest BCUT2D eigenvalue weighted by Crippen LogP contribution is -2.33. The molecular weight excluding hydrogens is 388 g/mol. The van der Waals surface area contributed by atoms with E-state index in [1.54, 1.807) is 30.9 Å². The molecule has 0 saturated carbocycles. The maximum atomic E-state index is 12.8. The van der Waals surface area contributed by atoms with Gasteiger partial charge in [-0.1, -0.05) is 17.7 Å². The molecule has 1 saturated heterocycles. The van der Waals surface area contributed by atoms with Crippen molar-refractivity contribution in [1.29, 1.82) is 0 Å². The molecule has 2 atom stereocenters. The summed E-state index contributed by atoms with van der Waals surface area (Å²) in [7, 11) is 3.21. The molecule has 1 aliphatic rings. The Morgan fingerprint density at radius 1 is 1.14 bits per heavy atom. The number of benzene rings is 2. The number of methoxy groups -OCH3 is 2. The zero-order valence-corrected chi connectivity index (χ0v) is 17.9. The second-order valence-corrected chi connectivity index (χ2v) is 8.36. The highest BCUT2D eigenvalue weighted by atomic mass is 32.2. The van der Waals surface area contributed by atoms with Crippen molar-refractivity contribution < 1.29 is 19.1 Å². The third kappa shape index (κ3) is 4.85. The maximum Gasteiger partial charge on any atom is 0.236 e. The number of aryl methyl sites for hydroxylation is 1. The van der Waals surface area contributed by atoms with Crippen molar-refractivity contribution >= 4 is 29.3 Å². The molecule has 1 N–H and O–H groups in total. The third-order valence-electron chi connectivity index (χ3n) is 4.86. The van der Waals surface area contributed by atoms with E-state index >= 15 is 0 Å². The topological polar surface area (TPSA) is 67.9 Å². The molecule has 0 aliphatic carbocycles. The van der Waals surface area contributed by atoms with E-state index in [0.717, 1.165) is 16.8 Å². The number of carbonyl (C=O) groups excluding carboxylic acids is 2. The molecule has 0 unspecified atom stereocenters. The maximum absolute atomic E-state index is 12.8. The number of nitrogens with zero attached hydrogens (tertiary/aromatic N) is 1. The second-order valence-electron chi connectivity index (χ2n) is 6.93. The minimum Gasteiger partial charge on any atom is -0.497 e. The highest BCUT2D eigenvalue weighted by Crippen LogP contribution is 2.46. The average Bonchev–Trinajstić information content (AvgIpc) is 3.01. The number of nitrogens with one attached hydrogen (secondary N) is 1. The molecule has 1 fully saturated rings. The van der Waals surface area contributed by atoms with Gasteiger partial charge in [-0.2, -0.15) is 0 Å². The summed E-state index contributed by atoms with van der Waals surface area (Å²) >= 11 is 1.55. The Hall–Kier alpha value is -2.67. The quantitative estimate of drug-likeness (QED) is 0.742. The average molecular weight is 415 g/mol. The van der Waals surface area contributed by atoms with E-state index in [1.165, 1.54) is 0 Å². The number of anilines is 1. The first-order valence-corrected chi connectivity index (χ1v) is 10.4. The van der Waals surface area contributed by atoms with Crippen molar-refractivity contribution in [2.75, 3.05) is 26.1 Å². The van der Waals surface area contributed by atoms with Crippen molar-refractivity contribution in [3.8, 4) is 11.5 Å². The summed E-state index contributed by atoms with van der Waals surface area (Å²) < 4.78 is 10.8. The molecule has 29 heavy (non-hydrogen) atoms. The molecule has 2 aromatic carbocycles. The van der Waals surface area contributed by atoms with Crippen LogP contribution in [0.15, 0.2) is 42.5 Å².